The summed E-state index contributed by atoms with van der Waals surface area (Å²) >= 11 is 7.42. The number of allylic oxidation sites excluding steroid dienone is 2. The number of alkyl halides is 2. The quantitative estimate of drug-likeness (QED) is 0.115. The van der Waals surface area contributed by atoms with E-state index in [9.17, 15) is 18.8 Å². The van der Waals surface area contributed by atoms with Gasteiger partial charge in [-0.2, -0.15) is 5.26 Å². The zero-order chi connectivity index (χ0) is 37.3. The lowest BCUT2D eigenvalue weighted by Gasteiger charge is -2.36. The van der Waals surface area contributed by atoms with Crippen LogP contribution in [0.3, 0.4) is 0 Å². The second kappa shape index (κ2) is 14.9. The van der Waals surface area contributed by atoms with Crippen LogP contribution >= 0.6 is 11.6 Å². The highest BCUT2D eigenvalue weighted by molar-refractivity contribution is 6.28. The summed E-state index contributed by atoms with van der Waals surface area (Å²) < 4.78 is 40.0. The number of carbonyl (C=O) groups is 1. The molecule has 2 aliphatic carbocycles. The molecule has 0 bridgehead atoms. The van der Waals surface area contributed by atoms with Gasteiger partial charge in [0, 0.05) is 38.6 Å². The second-order valence-electron chi connectivity index (χ2n) is 13.2. The highest BCUT2D eigenvalue weighted by atomic mass is 35.5. The number of hydrogen-bond donors (Lipinski definition) is 3. The van der Waals surface area contributed by atoms with Gasteiger partial charge in [0.2, 0.25) is 5.89 Å². The van der Waals surface area contributed by atoms with Gasteiger partial charge in [-0.3, -0.25) is 14.8 Å². The molecular weight excluding hydrogens is 700 g/mol. The summed E-state index contributed by atoms with van der Waals surface area (Å²) in [7, 11) is 1.55. The lowest BCUT2D eigenvalue weighted by atomic mass is 9.81. The number of aromatic nitrogens is 3. The Balaban J connectivity index is 1.27. The van der Waals surface area contributed by atoms with Crippen LogP contribution in [-0.4, -0.2) is 45.6 Å². The topological polar surface area (TPSA) is 138 Å². The van der Waals surface area contributed by atoms with E-state index in [4.69, 9.17) is 25.7 Å². The number of pyridine rings is 2. The van der Waals surface area contributed by atoms with Crippen molar-refractivity contribution < 1.29 is 22.7 Å². The number of aryl methyl sites for hydroxylation is 2. The van der Waals surface area contributed by atoms with Gasteiger partial charge in [0.15, 0.2) is 16.9 Å². The minimum absolute atomic E-state index is 0.0526. The molecule has 10 nitrogen and oxygen atoms in total. The van der Waals surface area contributed by atoms with Crippen LogP contribution in [0.5, 0.6) is 0 Å². The fourth-order valence-corrected chi connectivity index (χ4v) is 6.89. The second-order valence-corrected chi connectivity index (χ2v) is 13.7. The smallest absolute Gasteiger partial charge is 0.271 e. The van der Waals surface area contributed by atoms with Gasteiger partial charge in [0.05, 0.1) is 28.9 Å². The number of oxazole rings is 1. The van der Waals surface area contributed by atoms with E-state index in [0.29, 0.717) is 24.0 Å². The Morgan fingerprint density at radius 3 is 2.72 bits per heavy atom. The van der Waals surface area contributed by atoms with Crippen LogP contribution in [0.15, 0.2) is 83.6 Å². The zero-order valence-electron chi connectivity index (χ0n) is 29.2. The number of ether oxygens (including phenoxy) is 1. The van der Waals surface area contributed by atoms with Gasteiger partial charge < -0.3 is 25.1 Å². The first-order valence-corrected chi connectivity index (χ1v) is 17.5. The Hall–Kier alpha value is -5.48. The van der Waals surface area contributed by atoms with Gasteiger partial charge in [-0.1, -0.05) is 36.4 Å². The van der Waals surface area contributed by atoms with Crippen LogP contribution in [0.1, 0.15) is 61.9 Å². The Morgan fingerprint density at radius 1 is 1.15 bits per heavy atom. The number of anilines is 1. The summed E-state index contributed by atoms with van der Waals surface area (Å²) in [6.07, 6.45) is 8.09. The minimum Gasteiger partial charge on any atom is -0.436 e. The normalized spacial score (nSPS) is 20.5. The number of nitrogens with zero attached hydrogens (tertiary/aromatic N) is 4. The third kappa shape index (κ3) is 7.15. The molecule has 13 heteroatoms. The van der Waals surface area contributed by atoms with E-state index in [1.165, 1.54) is 12.3 Å². The molecule has 5 aromatic rings. The number of benzene rings is 2. The van der Waals surface area contributed by atoms with Crippen molar-refractivity contribution in [2.45, 2.75) is 63.1 Å². The monoisotopic (exact) mass is 735 g/mol. The molecule has 0 saturated heterocycles. The third-order valence-electron chi connectivity index (χ3n) is 9.54. The number of fused-ring (bicyclic) bond motifs is 1. The number of rotatable bonds is 12. The summed E-state index contributed by atoms with van der Waals surface area (Å²) in [6, 6.07) is 16.3. The molecule has 0 radical (unpaired) electrons. The molecule has 3 N–H and O–H groups in total. The van der Waals surface area contributed by atoms with Crippen molar-refractivity contribution in [2.75, 3.05) is 12.4 Å². The van der Waals surface area contributed by atoms with Gasteiger partial charge in [-0.15, -0.1) is 11.6 Å². The van der Waals surface area contributed by atoms with Gasteiger partial charge in [0.25, 0.3) is 5.91 Å². The van der Waals surface area contributed by atoms with E-state index in [1.54, 1.807) is 50.6 Å². The lowest BCUT2D eigenvalue weighted by molar-refractivity contribution is 0.0901. The maximum atomic E-state index is 14.7. The van der Waals surface area contributed by atoms with Crippen LogP contribution in [-0.2, 0) is 30.0 Å². The van der Waals surface area contributed by atoms with Crippen molar-refractivity contribution in [3.63, 3.8) is 0 Å². The summed E-state index contributed by atoms with van der Waals surface area (Å²) in [5.41, 5.74) is 4.56. The molecule has 3 aromatic heterocycles. The first kappa shape index (κ1) is 35.9. The molecule has 2 aromatic carbocycles. The fourth-order valence-electron chi connectivity index (χ4n) is 6.48. The first-order chi connectivity index (χ1) is 25.6. The zero-order valence-corrected chi connectivity index (χ0v) is 30.0. The summed E-state index contributed by atoms with van der Waals surface area (Å²) in [5, 5.41) is 18.6. The standard InChI is InChI=1S/C40H36ClF2N7O3/c1-22-7-4-5-8-28(22)29-9-6-11-40(37(29)41,50-38(51)34-15-26(21-52-3)27(20-48-34)19-47-32-16-30(32)42)39-49-33-14-24(13-25(17-44)36(33)53-39)18-46-31-10-12-45-23(2)35(31)43/h4-15,20,30,32,37,47H,16,18-19,21H2,1-3H3,(H,45,46)(H,50,51)/t30-,32+,37?,40?/m0/s1. The molecule has 53 heavy (non-hydrogen) atoms. The van der Waals surface area contributed by atoms with E-state index in [2.05, 4.69) is 32.0 Å². The molecule has 3 heterocycles. The summed E-state index contributed by atoms with van der Waals surface area (Å²) in [4.78, 5) is 27.5. The number of amides is 1. The van der Waals surface area contributed by atoms with Crippen molar-refractivity contribution in [1.82, 2.24) is 25.6 Å². The van der Waals surface area contributed by atoms with Gasteiger partial charge in [-0.25, -0.2) is 13.8 Å². The van der Waals surface area contributed by atoms with Crippen molar-refractivity contribution >= 4 is 39.9 Å². The number of nitriles is 1. The van der Waals surface area contributed by atoms with Crippen LogP contribution < -0.4 is 16.0 Å². The Kier molecular flexibility index (Phi) is 10.1. The number of hydrogen-bond acceptors (Lipinski definition) is 9. The van der Waals surface area contributed by atoms with Crippen molar-refractivity contribution in [3.8, 4) is 6.07 Å². The largest absolute Gasteiger partial charge is 0.436 e. The lowest BCUT2D eigenvalue weighted by Crippen LogP contribution is -2.52. The predicted molar refractivity (Wildman–Crippen MR) is 197 cm³/mol. The van der Waals surface area contributed by atoms with Crippen molar-refractivity contribution in [1.29, 1.82) is 5.26 Å². The van der Waals surface area contributed by atoms with Gasteiger partial charge in [-0.05, 0) is 84.0 Å². The fraction of sp³-hybridized carbons (Fsp3) is 0.275. The highest BCUT2D eigenvalue weighted by Crippen LogP contribution is 2.43. The summed E-state index contributed by atoms with van der Waals surface area (Å²) in [5.74, 6) is -0.970. The average Bonchev–Trinajstić information content (AvgIpc) is 3.69. The van der Waals surface area contributed by atoms with E-state index in [0.717, 1.165) is 27.8 Å². The minimum atomic E-state index is -1.54. The molecule has 1 saturated carbocycles. The molecule has 7 rings (SSSR count). The Bertz CT molecular complexity index is 2320. The molecule has 1 fully saturated rings. The average molecular weight is 736 g/mol. The van der Waals surface area contributed by atoms with Crippen molar-refractivity contribution in [2.24, 2.45) is 0 Å². The SMILES string of the molecule is COCc1cc(C(=O)NC2(c3nc4cc(CNc5ccnc(C)c5F)cc(C#N)c4o3)C=CC=C(c3ccccc3C)C2Cl)ncc1CN[C@@H]1C[C@@H]1F. The molecule has 270 valence electrons. The van der Waals surface area contributed by atoms with Crippen LogP contribution in [0.25, 0.3) is 16.7 Å². The molecule has 1 amide bonds. The van der Waals surface area contributed by atoms with Crippen LogP contribution in [0.2, 0.25) is 0 Å². The molecule has 4 atom stereocenters. The first-order valence-electron chi connectivity index (χ1n) is 17.1. The Morgan fingerprint density at radius 2 is 1.96 bits per heavy atom. The maximum Gasteiger partial charge on any atom is 0.271 e. The number of methoxy groups -OCH3 is 1. The van der Waals surface area contributed by atoms with E-state index in [1.807, 2.05) is 37.3 Å². The molecule has 2 aliphatic rings. The third-order valence-corrected chi connectivity index (χ3v) is 10.1. The van der Waals surface area contributed by atoms with Crippen molar-refractivity contribution in [3.05, 3.63) is 136 Å². The molecule has 2 unspecified atom stereocenters. The number of nitrogens with one attached hydrogen (secondary N) is 3. The number of halogens is 3. The van der Waals surface area contributed by atoms with Gasteiger partial charge >= 0.3 is 0 Å². The van der Waals surface area contributed by atoms with E-state index in [-0.39, 0.29) is 53.3 Å². The van der Waals surface area contributed by atoms with Crippen LogP contribution in [0, 0.1) is 31.0 Å². The Labute approximate surface area is 310 Å². The van der Waals surface area contributed by atoms with Crippen LogP contribution in [0.4, 0.5) is 14.5 Å². The number of carbonyl (C=O) groups excluding carboxylic acids is 1. The maximum absolute atomic E-state index is 14.7. The predicted octanol–water partition coefficient (Wildman–Crippen LogP) is 7.09. The molecular formula is C40H36ClF2N7O3. The summed E-state index contributed by atoms with van der Waals surface area (Å²) in [6.45, 7) is 4.32. The van der Waals surface area contributed by atoms with Gasteiger partial charge in [0.1, 0.15) is 23.5 Å². The highest BCUT2D eigenvalue weighted by Gasteiger charge is 2.47. The molecule has 0 spiro atoms. The molecule has 0 aliphatic heterocycles. The van der Waals surface area contributed by atoms with E-state index < -0.39 is 28.8 Å². The van der Waals surface area contributed by atoms with E-state index >= 15 is 0 Å².